The molecule has 1 aromatic carbocycles. The molecule has 0 spiro atoms. The molecule has 0 saturated carbocycles. The average Bonchev–Trinajstić information content (AvgIpc) is 2.65. The van der Waals surface area contributed by atoms with Crippen LogP contribution in [0.4, 0.5) is 0 Å². The molecule has 1 aromatic heterocycles. The van der Waals surface area contributed by atoms with E-state index >= 15 is 0 Å². The van der Waals surface area contributed by atoms with Gasteiger partial charge < -0.3 is 9.64 Å². The first-order valence-corrected chi connectivity index (χ1v) is 8.25. The first kappa shape index (κ1) is 18.4. The number of aromatic nitrogens is 1. The number of nitrogens with zero attached hydrogens (tertiary/aromatic N) is 2. The maximum absolute atomic E-state index is 12.6. The number of amides is 1. The minimum absolute atomic E-state index is 0.148. The van der Waals surface area contributed by atoms with Crippen molar-refractivity contribution in [2.45, 2.75) is 19.9 Å². The van der Waals surface area contributed by atoms with Gasteiger partial charge in [0, 0.05) is 31.6 Å². The van der Waals surface area contributed by atoms with Crippen LogP contribution in [0, 0.1) is 0 Å². The Morgan fingerprint density at radius 1 is 1.12 bits per heavy atom. The van der Waals surface area contributed by atoms with Gasteiger partial charge in [0.1, 0.15) is 0 Å². The van der Waals surface area contributed by atoms with Crippen molar-refractivity contribution in [1.82, 2.24) is 9.88 Å². The molecule has 0 saturated heterocycles. The third kappa shape index (κ3) is 6.59. The van der Waals surface area contributed by atoms with Crippen molar-refractivity contribution in [3.63, 3.8) is 0 Å². The Hall–Kier alpha value is -2.95. The van der Waals surface area contributed by atoms with Crippen LogP contribution < -0.4 is 0 Å². The third-order valence-corrected chi connectivity index (χ3v) is 3.54. The van der Waals surface area contributed by atoms with E-state index in [0.717, 1.165) is 11.1 Å². The molecule has 1 amide bonds. The van der Waals surface area contributed by atoms with Gasteiger partial charge in [0.25, 0.3) is 0 Å². The minimum atomic E-state index is -0.304. The summed E-state index contributed by atoms with van der Waals surface area (Å²) in [4.78, 5) is 29.8. The van der Waals surface area contributed by atoms with Gasteiger partial charge >= 0.3 is 5.97 Å². The molecule has 0 aliphatic heterocycles. The van der Waals surface area contributed by atoms with Gasteiger partial charge in [0.2, 0.25) is 5.91 Å². The first-order valence-electron chi connectivity index (χ1n) is 8.25. The first-order chi connectivity index (χ1) is 12.2. The molecule has 2 aromatic rings. The number of carbonyl (C=O) groups excluding carboxylic acids is 2. The maximum atomic E-state index is 12.6. The second-order valence-corrected chi connectivity index (χ2v) is 5.41. The van der Waals surface area contributed by atoms with E-state index in [-0.39, 0.29) is 18.3 Å². The number of esters is 1. The number of carbonyl (C=O) groups is 2. The highest BCUT2D eigenvalue weighted by Crippen LogP contribution is 2.08. The van der Waals surface area contributed by atoms with E-state index in [4.69, 9.17) is 4.74 Å². The summed E-state index contributed by atoms with van der Waals surface area (Å²) in [6.07, 6.45) is 6.84. The fourth-order valence-electron chi connectivity index (χ4n) is 2.27. The zero-order valence-corrected chi connectivity index (χ0v) is 14.3. The van der Waals surface area contributed by atoms with E-state index < -0.39 is 0 Å². The Morgan fingerprint density at radius 2 is 1.84 bits per heavy atom. The zero-order valence-electron chi connectivity index (χ0n) is 14.3. The van der Waals surface area contributed by atoms with Crippen molar-refractivity contribution in [3.05, 3.63) is 72.1 Å². The molecule has 0 radical (unpaired) electrons. The molecule has 0 aliphatic rings. The second-order valence-electron chi connectivity index (χ2n) is 5.41. The van der Waals surface area contributed by atoms with E-state index in [9.17, 15) is 9.59 Å². The summed E-state index contributed by atoms with van der Waals surface area (Å²) in [5, 5.41) is 0. The predicted molar refractivity (Wildman–Crippen MR) is 96.4 cm³/mol. The van der Waals surface area contributed by atoms with Gasteiger partial charge in [-0.05, 0) is 36.3 Å². The molecule has 0 atom stereocenters. The predicted octanol–water partition coefficient (Wildman–Crippen LogP) is 3.08. The molecule has 0 N–H and O–H groups in total. The molecular weight excluding hydrogens is 316 g/mol. The quantitative estimate of drug-likeness (QED) is 0.548. The van der Waals surface area contributed by atoms with Gasteiger partial charge in [-0.25, -0.2) is 0 Å². The molecule has 0 bridgehead atoms. The summed E-state index contributed by atoms with van der Waals surface area (Å²) < 4.78 is 4.95. The van der Waals surface area contributed by atoms with E-state index in [0.29, 0.717) is 19.7 Å². The van der Waals surface area contributed by atoms with Crippen molar-refractivity contribution >= 4 is 18.0 Å². The maximum Gasteiger partial charge on any atom is 0.307 e. The van der Waals surface area contributed by atoms with Crippen LogP contribution in [0.2, 0.25) is 0 Å². The molecule has 25 heavy (non-hydrogen) atoms. The van der Waals surface area contributed by atoms with Crippen LogP contribution in [0.1, 0.15) is 24.5 Å². The molecule has 2 rings (SSSR count). The summed E-state index contributed by atoms with van der Waals surface area (Å²) in [5.41, 5.74) is 1.91. The van der Waals surface area contributed by atoms with E-state index in [2.05, 4.69) is 4.98 Å². The van der Waals surface area contributed by atoms with Crippen LogP contribution in [0.25, 0.3) is 6.08 Å². The molecule has 5 heteroatoms. The number of rotatable bonds is 8. The number of pyridine rings is 1. The number of hydrogen-bond donors (Lipinski definition) is 0. The van der Waals surface area contributed by atoms with E-state index in [1.807, 2.05) is 42.5 Å². The van der Waals surface area contributed by atoms with Crippen LogP contribution in [0.5, 0.6) is 0 Å². The normalized spacial score (nSPS) is 10.6. The summed E-state index contributed by atoms with van der Waals surface area (Å²) >= 11 is 0. The van der Waals surface area contributed by atoms with Crippen LogP contribution in [0.15, 0.2) is 60.9 Å². The van der Waals surface area contributed by atoms with E-state index in [1.54, 1.807) is 30.3 Å². The van der Waals surface area contributed by atoms with Gasteiger partial charge in [-0.3, -0.25) is 14.6 Å². The Kier molecular flexibility index (Phi) is 7.38. The summed E-state index contributed by atoms with van der Waals surface area (Å²) in [7, 11) is 0. The van der Waals surface area contributed by atoms with Crippen LogP contribution in [0.3, 0.4) is 0 Å². The highest BCUT2D eigenvalue weighted by atomic mass is 16.5. The molecule has 130 valence electrons. The Labute approximate surface area is 147 Å². The molecule has 5 nitrogen and oxygen atoms in total. The number of hydrogen-bond acceptors (Lipinski definition) is 4. The highest BCUT2D eigenvalue weighted by molar-refractivity contribution is 5.92. The Balaban J connectivity index is 2.05. The topological polar surface area (TPSA) is 59.5 Å². The van der Waals surface area contributed by atoms with Crippen LogP contribution in [-0.4, -0.2) is 34.9 Å². The molecule has 1 heterocycles. The number of benzene rings is 1. The summed E-state index contributed by atoms with van der Waals surface area (Å²) in [6, 6.07) is 13.3. The Bertz CT molecular complexity index is 699. The smallest absolute Gasteiger partial charge is 0.307 e. The molecule has 0 unspecified atom stereocenters. The van der Waals surface area contributed by atoms with Gasteiger partial charge in [-0.1, -0.05) is 30.3 Å². The molecule has 0 fully saturated rings. The fraction of sp³-hybridized carbons (Fsp3) is 0.250. The second kappa shape index (κ2) is 10.0. The van der Waals surface area contributed by atoms with Gasteiger partial charge in [-0.2, -0.15) is 0 Å². The van der Waals surface area contributed by atoms with Crippen LogP contribution in [-0.2, 0) is 20.9 Å². The lowest BCUT2D eigenvalue weighted by atomic mass is 10.2. The fourth-order valence-corrected chi connectivity index (χ4v) is 2.27. The lowest BCUT2D eigenvalue weighted by Crippen LogP contribution is -2.31. The standard InChI is InChI=1S/C20H22N2O3/c1-2-25-20(24)12-15-22(16-18-10-13-21-14-11-18)19(23)9-8-17-6-4-3-5-7-17/h3-11,13-14H,2,12,15-16H2,1H3/b9-8+. The SMILES string of the molecule is CCOC(=O)CCN(Cc1ccncc1)C(=O)/C=C/c1ccccc1. The van der Waals surface area contributed by atoms with Crippen molar-refractivity contribution in [3.8, 4) is 0 Å². The lowest BCUT2D eigenvalue weighted by Gasteiger charge is -2.21. The van der Waals surface area contributed by atoms with Crippen molar-refractivity contribution in [2.75, 3.05) is 13.2 Å². The van der Waals surface area contributed by atoms with Gasteiger partial charge in [-0.15, -0.1) is 0 Å². The van der Waals surface area contributed by atoms with Crippen molar-refractivity contribution < 1.29 is 14.3 Å². The zero-order chi connectivity index (χ0) is 17.9. The van der Waals surface area contributed by atoms with Crippen LogP contribution >= 0.6 is 0 Å². The monoisotopic (exact) mass is 338 g/mol. The summed E-state index contributed by atoms with van der Waals surface area (Å²) in [6.45, 7) is 2.82. The highest BCUT2D eigenvalue weighted by Gasteiger charge is 2.14. The van der Waals surface area contributed by atoms with Crippen molar-refractivity contribution in [2.24, 2.45) is 0 Å². The third-order valence-electron chi connectivity index (χ3n) is 3.54. The summed E-state index contributed by atoms with van der Waals surface area (Å²) in [5.74, 6) is -0.452. The minimum Gasteiger partial charge on any atom is -0.466 e. The molecule has 0 aliphatic carbocycles. The largest absolute Gasteiger partial charge is 0.466 e. The Morgan fingerprint density at radius 3 is 2.52 bits per heavy atom. The van der Waals surface area contributed by atoms with Crippen molar-refractivity contribution in [1.29, 1.82) is 0 Å². The van der Waals surface area contributed by atoms with E-state index in [1.165, 1.54) is 6.08 Å². The number of ether oxygens (including phenoxy) is 1. The van der Waals surface area contributed by atoms with Gasteiger partial charge in [0.15, 0.2) is 0 Å². The lowest BCUT2D eigenvalue weighted by molar-refractivity contribution is -0.143. The average molecular weight is 338 g/mol. The van der Waals surface area contributed by atoms with Gasteiger partial charge in [0.05, 0.1) is 13.0 Å². The molecular formula is C20H22N2O3.